The van der Waals surface area contributed by atoms with Gasteiger partial charge in [0.25, 0.3) is 32.1 Å². The third kappa shape index (κ3) is 7.13. The second-order valence-electron chi connectivity index (χ2n) is 15.5. The van der Waals surface area contributed by atoms with Crippen LogP contribution in [-0.2, 0) is 34.7 Å². The Bertz CT molecular complexity index is 2800. The highest BCUT2D eigenvalue weighted by Crippen LogP contribution is 2.47. The molecular formula is C39H38N3O13S2+. The molecule has 0 atom stereocenters. The summed E-state index contributed by atoms with van der Waals surface area (Å²) < 4.78 is 77.6. The van der Waals surface area contributed by atoms with Crippen LogP contribution in [0.1, 0.15) is 83.5 Å². The van der Waals surface area contributed by atoms with E-state index in [1.165, 1.54) is 12.1 Å². The van der Waals surface area contributed by atoms with Gasteiger partial charge in [-0.2, -0.15) is 16.8 Å². The van der Waals surface area contributed by atoms with E-state index in [0.29, 0.717) is 27.2 Å². The summed E-state index contributed by atoms with van der Waals surface area (Å²) in [6.45, 7) is 7.43. The van der Waals surface area contributed by atoms with Gasteiger partial charge in [-0.3, -0.25) is 18.7 Å². The SMILES string of the molecule is CN1c2cc3c(cc2C(CS(=O)(=O)O)=CC1(C)C)C(c1ccc(C(=O)ON2C(=O)CCC2=O)cc1C(=O)O)=c1cc2c(cc1O3)=[N+](C)C(C)(C)C=C2CS(=O)(=O)O. The molecular weight excluding hydrogens is 783 g/mol. The maximum absolute atomic E-state index is 13.2. The van der Waals surface area contributed by atoms with Crippen LogP contribution in [0.3, 0.4) is 0 Å². The van der Waals surface area contributed by atoms with E-state index < -0.39 is 72.1 Å². The van der Waals surface area contributed by atoms with Crippen LogP contribution in [0.2, 0.25) is 0 Å². The topological polar surface area (TPSA) is 225 Å². The number of hydroxylamine groups is 2. The van der Waals surface area contributed by atoms with Crippen molar-refractivity contribution >= 4 is 66.4 Å². The molecule has 0 saturated carbocycles. The van der Waals surface area contributed by atoms with Crippen LogP contribution in [0.4, 0.5) is 5.69 Å². The van der Waals surface area contributed by atoms with E-state index >= 15 is 0 Å². The number of likely N-dealkylation sites (N-methyl/N-ethyl adjacent to an activating group) is 2. The second-order valence-corrected chi connectivity index (χ2v) is 18.4. The molecule has 4 heterocycles. The highest BCUT2D eigenvalue weighted by atomic mass is 32.2. The average molecular weight is 821 g/mol. The number of amides is 2. The Morgan fingerprint density at radius 2 is 1.44 bits per heavy atom. The lowest BCUT2D eigenvalue weighted by Gasteiger charge is -2.41. The minimum absolute atomic E-state index is 0.0488. The van der Waals surface area contributed by atoms with Crippen LogP contribution in [0.5, 0.6) is 11.5 Å². The first-order chi connectivity index (χ1) is 26.3. The summed E-state index contributed by atoms with van der Waals surface area (Å²) in [6.07, 6.45) is 3.10. The van der Waals surface area contributed by atoms with E-state index in [-0.39, 0.29) is 63.0 Å². The average Bonchev–Trinajstić information content (AvgIpc) is 3.41. The largest absolute Gasteiger partial charge is 0.478 e. The molecule has 3 N–H and O–H groups in total. The van der Waals surface area contributed by atoms with Gasteiger partial charge in [-0.25, -0.2) is 14.2 Å². The molecule has 0 spiro atoms. The van der Waals surface area contributed by atoms with Crippen molar-refractivity contribution in [2.75, 3.05) is 30.5 Å². The normalized spacial score (nSPS) is 18.2. The first-order valence-electron chi connectivity index (χ1n) is 17.5. The molecule has 4 aliphatic heterocycles. The Balaban J connectivity index is 1.55. The summed E-state index contributed by atoms with van der Waals surface area (Å²) in [5.41, 5.74) is 0.253. The molecule has 0 bridgehead atoms. The molecule has 0 unspecified atom stereocenters. The van der Waals surface area contributed by atoms with E-state index in [4.69, 9.17) is 9.57 Å². The minimum Gasteiger partial charge on any atom is -0.478 e. The lowest BCUT2D eigenvalue weighted by atomic mass is 9.83. The predicted octanol–water partition coefficient (Wildman–Crippen LogP) is 2.64. The smallest absolute Gasteiger partial charge is 0.363 e. The number of carbonyl (C=O) groups excluding carboxylic acids is 3. The first-order valence-corrected chi connectivity index (χ1v) is 20.8. The quantitative estimate of drug-likeness (QED) is 0.132. The third-order valence-electron chi connectivity index (χ3n) is 10.8. The number of anilines is 1. The molecule has 0 aromatic heterocycles. The molecule has 7 rings (SSSR count). The van der Waals surface area contributed by atoms with Crippen molar-refractivity contribution in [2.45, 2.75) is 51.6 Å². The predicted molar refractivity (Wildman–Crippen MR) is 206 cm³/mol. The molecule has 57 heavy (non-hydrogen) atoms. The number of benzene rings is 3. The molecule has 16 nitrogen and oxygen atoms in total. The zero-order valence-corrected chi connectivity index (χ0v) is 33.2. The molecule has 2 amide bonds. The molecule has 3 aromatic carbocycles. The van der Waals surface area contributed by atoms with Crippen LogP contribution < -0.4 is 24.8 Å². The molecule has 0 radical (unpaired) electrons. The number of rotatable bonds is 8. The number of fused-ring (bicyclic) bond motifs is 4. The maximum atomic E-state index is 13.2. The van der Waals surface area contributed by atoms with Gasteiger partial charge in [0, 0.05) is 67.4 Å². The molecule has 1 fully saturated rings. The monoisotopic (exact) mass is 820 g/mol. The number of hydrogen-bond acceptors (Lipinski definition) is 11. The van der Waals surface area contributed by atoms with Crippen molar-refractivity contribution in [2.24, 2.45) is 0 Å². The summed E-state index contributed by atoms with van der Waals surface area (Å²) in [7, 11) is -5.47. The zero-order valence-electron chi connectivity index (χ0n) is 31.6. The van der Waals surface area contributed by atoms with Crippen molar-refractivity contribution in [1.29, 1.82) is 0 Å². The number of aromatic carboxylic acids is 1. The Hall–Kier alpha value is -5.69. The summed E-state index contributed by atoms with van der Waals surface area (Å²) in [6, 6.07) is 10.2. The number of carboxylic acids is 1. The Kier molecular flexibility index (Phi) is 9.15. The molecule has 3 aromatic rings. The van der Waals surface area contributed by atoms with Crippen molar-refractivity contribution < 1.29 is 59.8 Å². The summed E-state index contributed by atoms with van der Waals surface area (Å²) in [4.78, 5) is 57.5. The number of imide groups is 1. The summed E-state index contributed by atoms with van der Waals surface area (Å²) in [5.74, 6) is -5.09. The highest BCUT2D eigenvalue weighted by Gasteiger charge is 2.38. The van der Waals surface area contributed by atoms with E-state index in [1.807, 2.05) is 37.2 Å². The number of nitrogens with zero attached hydrogens (tertiary/aromatic N) is 3. The summed E-state index contributed by atoms with van der Waals surface area (Å²) >= 11 is 0. The van der Waals surface area contributed by atoms with E-state index in [2.05, 4.69) is 0 Å². The molecule has 0 aliphatic carbocycles. The number of carbonyl (C=O) groups is 4. The maximum Gasteiger partial charge on any atom is 0.363 e. The molecule has 1 saturated heterocycles. The van der Waals surface area contributed by atoms with Gasteiger partial charge in [-0.15, -0.1) is 5.06 Å². The molecule has 18 heteroatoms. The van der Waals surface area contributed by atoms with Gasteiger partial charge in [0.2, 0.25) is 5.36 Å². The lowest BCUT2D eigenvalue weighted by molar-refractivity contribution is -0.172. The molecule has 4 aliphatic rings. The van der Waals surface area contributed by atoms with Crippen molar-refractivity contribution in [1.82, 2.24) is 9.64 Å². The van der Waals surface area contributed by atoms with Crippen LogP contribution in [0, 0.1) is 0 Å². The van der Waals surface area contributed by atoms with Crippen molar-refractivity contribution in [3.05, 3.63) is 98.6 Å². The fourth-order valence-electron chi connectivity index (χ4n) is 7.64. The zero-order chi connectivity index (χ0) is 41.7. The van der Waals surface area contributed by atoms with Crippen molar-refractivity contribution in [3.8, 4) is 11.5 Å². The van der Waals surface area contributed by atoms with Gasteiger partial charge in [0.1, 0.15) is 30.1 Å². The number of ether oxygens (including phenoxy) is 1. The van der Waals surface area contributed by atoms with Gasteiger partial charge >= 0.3 is 11.9 Å². The standard InChI is InChI=1S/C39H37N3O13S2/c1-38(2)16-21(18-56(48,49)50)24-12-27-31(14-29(24)40(38)5)54-32-15-30-25(22(19-57(51,52)53)17-39(3,4)41(30)6)13-28(32)35(27)23-8-7-20(11-26(23)36(45)46)37(47)55-42-33(43)9-10-34(42)44/h7-8,11-17H,9-10,18-19H2,1-6H3,(H2-,45,46,48,49,50,51,52,53)/p+1. The van der Waals surface area contributed by atoms with Gasteiger partial charge in [-0.1, -0.05) is 12.1 Å². The Morgan fingerprint density at radius 3 is 2.04 bits per heavy atom. The number of carboxylic acid groups (broad SMARTS) is 1. The first kappa shape index (κ1) is 39.5. The fourth-order valence-corrected chi connectivity index (χ4v) is 8.90. The van der Waals surface area contributed by atoms with Gasteiger partial charge < -0.3 is 19.6 Å². The van der Waals surface area contributed by atoms with Crippen LogP contribution in [0.25, 0.3) is 16.7 Å². The summed E-state index contributed by atoms with van der Waals surface area (Å²) in [5, 5.41) is 11.8. The van der Waals surface area contributed by atoms with Crippen molar-refractivity contribution in [3.63, 3.8) is 0 Å². The van der Waals surface area contributed by atoms with E-state index in [1.54, 1.807) is 50.5 Å². The van der Waals surface area contributed by atoms with Gasteiger partial charge in [-0.05, 0) is 60.9 Å². The second kappa shape index (κ2) is 13.2. The molecule has 298 valence electrons. The van der Waals surface area contributed by atoms with Crippen LogP contribution >= 0.6 is 0 Å². The van der Waals surface area contributed by atoms with Crippen LogP contribution in [0.15, 0.2) is 54.6 Å². The lowest BCUT2D eigenvalue weighted by Crippen LogP contribution is -2.47. The number of hydrogen-bond donors (Lipinski definition) is 3. The Labute approximate surface area is 327 Å². The highest BCUT2D eigenvalue weighted by molar-refractivity contribution is 7.86. The fraction of sp³-hybridized carbons (Fsp3) is 0.308. The van der Waals surface area contributed by atoms with Gasteiger partial charge in [0.15, 0.2) is 5.54 Å². The third-order valence-corrected chi connectivity index (χ3v) is 12.1. The van der Waals surface area contributed by atoms with Crippen LogP contribution in [-0.4, -0.2) is 96.5 Å². The Morgan fingerprint density at radius 1 is 0.825 bits per heavy atom. The minimum atomic E-state index is -4.53. The van der Waals surface area contributed by atoms with Gasteiger partial charge in [0.05, 0.1) is 28.3 Å². The van der Waals surface area contributed by atoms with E-state index in [0.717, 1.165) is 6.07 Å². The van der Waals surface area contributed by atoms with E-state index in [9.17, 15) is 50.2 Å².